The highest BCUT2D eigenvalue weighted by molar-refractivity contribution is 7.98. The molecule has 1 heterocycles. The second-order valence-corrected chi connectivity index (χ2v) is 8.43. The first-order chi connectivity index (χ1) is 14.3. The number of hydrogen-bond donors (Lipinski definition) is 1. The van der Waals surface area contributed by atoms with Crippen LogP contribution in [0.1, 0.15) is 11.1 Å². The summed E-state index contributed by atoms with van der Waals surface area (Å²) in [7, 11) is -4.80. The van der Waals surface area contributed by atoms with Gasteiger partial charge in [-0.05, 0) is 53.1 Å². The minimum atomic E-state index is -5.18. The highest BCUT2D eigenvalue weighted by Gasteiger charge is 2.38. The van der Waals surface area contributed by atoms with Crippen molar-refractivity contribution in [1.29, 1.82) is 0 Å². The molecule has 31 heavy (non-hydrogen) atoms. The molecule has 7 nitrogen and oxygen atoms in total. The lowest BCUT2D eigenvalue weighted by Gasteiger charge is -2.15. The first-order valence-electron chi connectivity index (χ1n) is 8.06. The van der Waals surface area contributed by atoms with Crippen LogP contribution < -0.4 is 4.72 Å². The van der Waals surface area contributed by atoms with E-state index in [2.05, 4.69) is 15.5 Å². The third-order valence-corrected chi connectivity index (χ3v) is 5.82. The molecular weight excluding hydrogens is 472 g/mol. The number of sulfonamides is 1. The van der Waals surface area contributed by atoms with Gasteiger partial charge >= 0.3 is 12.4 Å². The van der Waals surface area contributed by atoms with Gasteiger partial charge in [0.15, 0.2) is 0 Å². The van der Waals surface area contributed by atoms with Crippen LogP contribution in [0.3, 0.4) is 0 Å². The van der Waals surface area contributed by atoms with E-state index < -0.39 is 38.4 Å². The van der Waals surface area contributed by atoms with E-state index >= 15 is 0 Å². The average molecular weight is 483 g/mol. The number of anilines is 1. The molecule has 0 fully saturated rings. The van der Waals surface area contributed by atoms with E-state index in [4.69, 9.17) is 0 Å². The second kappa shape index (κ2) is 8.03. The van der Waals surface area contributed by atoms with Crippen LogP contribution in [0.15, 0.2) is 52.5 Å². The topological polar surface area (TPSA) is 89.8 Å². The molecule has 0 radical (unpaired) electrons. The van der Waals surface area contributed by atoms with Crippen molar-refractivity contribution in [1.82, 2.24) is 20.2 Å². The molecule has 166 valence electrons. The normalized spacial score (nSPS) is 12.7. The number of nitrogens with one attached hydrogen (secondary N) is 1. The van der Waals surface area contributed by atoms with E-state index in [1.807, 2.05) is 4.72 Å². The van der Waals surface area contributed by atoms with Gasteiger partial charge in [0.05, 0.1) is 27.4 Å². The Labute approximate surface area is 175 Å². The summed E-state index contributed by atoms with van der Waals surface area (Å²) in [5.74, 6) is 0. The number of aromatic nitrogens is 4. The minimum absolute atomic E-state index is 0.119. The molecular formula is C16H11F6N5O2S2. The Morgan fingerprint density at radius 2 is 1.58 bits per heavy atom. The van der Waals surface area contributed by atoms with Gasteiger partial charge in [0.2, 0.25) is 5.16 Å². The fourth-order valence-corrected chi connectivity index (χ4v) is 4.02. The number of tetrazole rings is 1. The Morgan fingerprint density at radius 3 is 2.13 bits per heavy atom. The van der Waals surface area contributed by atoms with Gasteiger partial charge in [-0.1, -0.05) is 17.8 Å². The fourth-order valence-electron chi connectivity index (χ4n) is 2.47. The van der Waals surface area contributed by atoms with Crippen molar-refractivity contribution in [3.63, 3.8) is 0 Å². The van der Waals surface area contributed by atoms with Crippen LogP contribution in [-0.2, 0) is 22.4 Å². The fraction of sp³-hybridized carbons (Fsp3) is 0.188. The third kappa shape index (κ3) is 5.10. The summed E-state index contributed by atoms with van der Waals surface area (Å²) in [6.07, 6.45) is -8.67. The van der Waals surface area contributed by atoms with Crippen molar-refractivity contribution in [3.8, 4) is 5.69 Å². The summed E-state index contributed by atoms with van der Waals surface area (Å²) in [4.78, 5) is -1.19. The number of nitrogens with zero attached hydrogens (tertiary/aromatic N) is 4. The lowest BCUT2D eigenvalue weighted by molar-refractivity contribution is -0.143. The van der Waals surface area contributed by atoms with Crippen LogP contribution >= 0.6 is 11.8 Å². The van der Waals surface area contributed by atoms with E-state index in [1.54, 1.807) is 6.26 Å². The zero-order chi connectivity index (χ0) is 23.0. The Balaban J connectivity index is 2.02. The van der Waals surface area contributed by atoms with Crippen LogP contribution in [0.5, 0.6) is 0 Å². The Hall–Kier alpha value is -2.81. The number of thioether (sulfide) groups is 1. The molecule has 0 unspecified atom stereocenters. The highest BCUT2D eigenvalue weighted by Crippen LogP contribution is 2.37. The molecule has 0 bridgehead atoms. The van der Waals surface area contributed by atoms with E-state index in [-0.39, 0.29) is 23.9 Å². The van der Waals surface area contributed by atoms with Gasteiger partial charge in [-0.2, -0.15) is 31.0 Å². The van der Waals surface area contributed by atoms with Crippen LogP contribution in [0.25, 0.3) is 5.69 Å². The van der Waals surface area contributed by atoms with Gasteiger partial charge in [0.25, 0.3) is 10.0 Å². The van der Waals surface area contributed by atoms with Crippen LogP contribution in [0, 0.1) is 0 Å². The monoisotopic (exact) mass is 483 g/mol. The molecule has 1 aromatic heterocycles. The highest BCUT2D eigenvalue weighted by atomic mass is 32.2. The molecule has 0 atom stereocenters. The Bertz CT molecular complexity index is 1180. The smallest absolute Gasteiger partial charge is 0.280 e. The lowest BCUT2D eigenvalue weighted by Crippen LogP contribution is -2.17. The number of rotatable bonds is 5. The molecule has 1 N–H and O–H groups in total. The molecule has 0 saturated carbocycles. The van der Waals surface area contributed by atoms with E-state index in [0.29, 0.717) is 10.8 Å². The minimum Gasteiger partial charge on any atom is -0.280 e. The van der Waals surface area contributed by atoms with Gasteiger partial charge in [-0.25, -0.2) is 8.42 Å². The van der Waals surface area contributed by atoms with Gasteiger partial charge in [-0.3, -0.25) is 4.72 Å². The molecule has 0 spiro atoms. The maximum Gasteiger partial charge on any atom is 0.416 e. The van der Waals surface area contributed by atoms with E-state index in [9.17, 15) is 34.8 Å². The van der Waals surface area contributed by atoms with Crippen molar-refractivity contribution in [2.45, 2.75) is 22.4 Å². The molecule has 3 rings (SSSR count). The predicted molar refractivity (Wildman–Crippen MR) is 98.2 cm³/mol. The van der Waals surface area contributed by atoms with Crippen molar-refractivity contribution in [3.05, 3.63) is 53.6 Å². The molecule has 0 aliphatic carbocycles. The SMILES string of the molecule is CSc1nnnn1-c1cccc(NS(=O)(=O)c2cc(C(F)(F)F)cc(C(F)(F)F)c2)c1. The predicted octanol–water partition coefficient (Wildman–Crippen LogP) is 4.22. The maximum absolute atomic E-state index is 13.0. The van der Waals surface area contributed by atoms with Crippen LogP contribution in [0.4, 0.5) is 32.0 Å². The standard InChI is InChI=1S/C16H11F6N5O2S2/c1-30-14-23-25-26-27(14)12-4-2-3-11(8-12)24-31(28,29)13-6-9(15(17,18)19)5-10(7-13)16(20,21)22/h2-8,24H,1H3. The summed E-state index contributed by atoms with van der Waals surface area (Å²) >= 11 is 1.20. The average Bonchev–Trinajstić information content (AvgIpc) is 3.15. The summed E-state index contributed by atoms with van der Waals surface area (Å²) in [5.41, 5.74) is -3.29. The van der Waals surface area contributed by atoms with Gasteiger partial charge < -0.3 is 0 Å². The Morgan fingerprint density at radius 1 is 0.968 bits per heavy atom. The van der Waals surface area contributed by atoms with Crippen LogP contribution in [0.2, 0.25) is 0 Å². The number of hydrogen-bond acceptors (Lipinski definition) is 6. The van der Waals surface area contributed by atoms with Crippen molar-refractivity contribution < 1.29 is 34.8 Å². The summed E-state index contributed by atoms with van der Waals surface area (Å²) in [6, 6.07) is 5.59. The quantitative estimate of drug-likeness (QED) is 0.432. The molecule has 0 saturated heterocycles. The second-order valence-electron chi connectivity index (χ2n) is 5.97. The number of halogens is 6. The first-order valence-corrected chi connectivity index (χ1v) is 10.8. The molecule has 2 aromatic carbocycles. The molecule has 3 aromatic rings. The van der Waals surface area contributed by atoms with Gasteiger partial charge in [0, 0.05) is 0 Å². The van der Waals surface area contributed by atoms with Crippen LogP contribution in [-0.4, -0.2) is 34.9 Å². The largest absolute Gasteiger partial charge is 0.416 e. The summed E-state index contributed by atoms with van der Waals surface area (Å²) in [6.45, 7) is 0. The summed E-state index contributed by atoms with van der Waals surface area (Å²) < 4.78 is 107. The zero-order valence-electron chi connectivity index (χ0n) is 15.2. The third-order valence-electron chi connectivity index (χ3n) is 3.84. The summed E-state index contributed by atoms with van der Waals surface area (Å²) in [5, 5.41) is 11.3. The van der Waals surface area contributed by atoms with Gasteiger partial charge in [-0.15, -0.1) is 5.10 Å². The molecule has 0 amide bonds. The molecule has 0 aliphatic rings. The van der Waals surface area contributed by atoms with E-state index in [1.165, 1.54) is 40.7 Å². The molecule has 15 heteroatoms. The number of benzene rings is 2. The lowest BCUT2D eigenvalue weighted by atomic mass is 10.1. The maximum atomic E-state index is 13.0. The zero-order valence-corrected chi connectivity index (χ0v) is 16.9. The van der Waals surface area contributed by atoms with E-state index in [0.717, 1.165) is 0 Å². The van der Waals surface area contributed by atoms with Crippen molar-refractivity contribution >= 4 is 27.5 Å². The number of alkyl halides is 6. The van der Waals surface area contributed by atoms with Crippen molar-refractivity contribution in [2.75, 3.05) is 11.0 Å². The first kappa shape index (κ1) is 22.9. The van der Waals surface area contributed by atoms with Gasteiger partial charge in [0.1, 0.15) is 0 Å². The Kier molecular flexibility index (Phi) is 5.92. The molecule has 0 aliphatic heterocycles. The van der Waals surface area contributed by atoms with Crippen molar-refractivity contribution in [2.24, 2.45) is 0 Å².